The van der Waals surface area contributed by atoms with Crippen LogP contribution in [0.4, 0.5) is 4.79 Å². The van der Waals surface area contributed by atoms with Crippen molar-refractivity contribution in [3.8, 4) is 11.6 Å². The molecule has 2 fully saturated rings. The second kappa shape index (κ2) is 11.9. The number of aromatic nitrogens is 2. The lowest BCUT2D eigenvalue weighted by Gasteiger charge is -2.34. The Balaban J connectivity index is 1.53. The Labute approximate surface area is 246 Å². The molecular weight excluding hydrogens is 540 g/mol. The number of ether oxygens (including phenoxy) is 3. The molecule has 0 spiro atoms. The highest BCUT2D eigenvalue weighted by Gasteiger charge is 2.51. The van der Waals surface area contributed by atoms with Gasteiger partial charge in [0.2, 0.25) is 11.8 Å². The van der Waals surface area contributed by atoms with Gasteiger partial charge in [-0.1, -0.05) is 40.5 Å². The normalized spacial score (nSPS) is 28.8. The number of carbonyl (C=O) groups excluding carboxylic acids is 2. The Morgan fingerprint density at radius 2 is 1.90 bits per heavy atom. The number of hydrogen-bond acceptors (Lipinski definition) is 8. The molecule has 228 valence electrons. The molecule has 11 heteroatoms. The lowest BCUT2D eigenvalue weighted by atomic mass is 9.85. The Hall–Kier alpha value is -3.63. The summed E-state index contributed by atoms with van der Waals surface area (Å²) in [6.07, 6.45) is 4.31. The maximum Gasteiger partial charge on any atom is 0.408 e. The van der Waals surface area contributed by atoms with Crippen LogP contribution in [0.25, 0.3) is 11.0 Å². The van der Waals surface area contributed by atoms with Crippen molar-refractivity contribution < 1.29 is 33.7 Å². The molecule has 1 aromatic carbocycles. The van der Waals surface area contributed by atoms with E-state index in [2.05, 4.69) is 5.32 Å². The monoisotopic (exact) mass is 582 g/mol. The van der Waals surface area contributed by atoms with Gasteiger partial charge in [-0.15, -0.1) is 0 Å². The van der Waals surface area contributed by atoms with Gasteiger partial charge in [-0.3, -0.25) is 4.79 Å². The van der Waals surface area contributed by atoms with Gasteiger partial charge in [0.05, 0.1) is 24.7 Å². The zero-order valence-corrected chi connectivity index (χ0v) is 25.1. The molecular formula is C31H42N4O7. The molecule has 42 heavy (non-hydrogen) atoms. The summed E-state index contributed by atoms with van der Waals surface area (Å²) in [6, 6.07) is 3.40. The van der Waals surface area contributed by atoms with Crippen molar-refractivity contribution in [3.63, 3.8) is 0 Å². The SMILES string of the molecule is CC[C@@H]1[C@@H]2CN(C(=O)[C@H](C(C)(C)C)NC(=O)O[C@@H]3C[C@H]3CCCCCc3nc4ccc(OC)cc4nc3O2)[C@@H]1C(=O)O. The summed E-state index contributed by atoms with van der Waals surface area (Å²) < 4.78 is 17.6. The second-order valence-corrected chi connectivity index (χ2v) is 12.8. The van der Waals surface area contributed by atoms with Gasteiger partial charge in [0.15, 0.2) is 0 Å². The van der Waals surface area contributed by atoms with Crippen LogP contribution < -0.4 is 14.8 Å². The van der Waals surface area contributed by atoms with E-state index in [1.165, 1.54) is 4.90 Å². The minimum absolute atomic E-state index is 0.0413. The fourth-order valence-corrected chi connectivity index (χ4v) is 6.26. The van der Waals surface area contributed by atoms with E-state index in [1.807, 2.05) is 39.8 Å². The molecule has 0 radical (unpaired) electrons. The number of amides is 2. The standard InChI is InChI=1S/C31H42N4O7/c1-6-19-24-16-35(25(19)29(37)38)28(36)26(31(2,3)4)34-30(39)42-23-14-17(23)10-8-7-9-11-21-27(41-24)33-22-15-18(40-5)12-13-20(22)32-21/h12-13,15,17,19,23-26H,6-11,14,16H2,1-5H3,(H,34,39)(H,37,38)/t17-,19-,23-,24+,25+,26-/m1/s1. The van der Waals surface area contributed by atoms with E-state index >= 15 is 0 Å². The molecule has 3 heterocycles. The molecule has 1 saturated heterocycles. The molecule has 2 aliphatic heterocycles. The summed E-state index contributed by atoms with van der Waals surface area (Å²) in [7, 11) is 1.59. The number of nitrogens with one attached hydrogen (secondary N) is 1. The third-order valence-corrected chi connectivity index (χ3v) is 8.75. The van der Waals surface area contributed by atoms with Crippen LogP contribution >= 0.6 is 0 Å². The van der Waals surface area contributed by atoms with E-state index in [1.54, 1.807) is 13.2 Å². The van der Waals surface area contributed by atoms with Crippen molar-refractivity contribution in [3.05, 3.63) is 23.9 Å². The number of rotatable bonds is 3. The van der Waals surface area contributed by atoms with E-state index < -0.39 is 47.5 Å². The van der Waals surface area contributed by atoms with Crippen molar-refractivity contribution in [2.75, 3.05) is 13.7 Å². The van der Waals surface area contributed by atoms with E-state index in [0.29, 0.717) is 41.6 Å². The van der Waals surface area contributed by atoms with Crippen LogP contribution in [0.2, 0.25) is 0 Å². The lowest BCUT2D eigenvalue weighted by molar-refractivity contribution is -0.151. The van der Waals surface area contributed by atoms with Crippen LogP contribution in [-0.4, -0.2) is 75.9 Å². The maximum absolute atomic E-state index is 14.0. The third kappa shape index (κ3) is 6.24. The number of aliphatic carboxylic acids is 1. The van der Waals surface area contributed by atoms with Gasteiger partial charge in [-0.05, 0) is 55.6 Å². The zero-order chi connectivity index (χ0) is 30.2. The van der Waals surface area contributed by atoms with Crippen LogP contribution in [0.1, 0.15) is 71.9 Å². The van der Waals surface area contributed by atoms with Crippen molar-refractivity contribution in [1.82, 2.24) is 20.2 Å². The topological polar surface area (TPSA) is 140 Å². The van der Waals surface area contributed by atoms with Gasteiger partial charge < -0.3 is 29.5 Å². The first-order valence-corrected chi connectivity index (χ1v) is 15.0. The number of nitrogens with zero attached hydrogens (tertiary/aromatic N) is 3. The number of benzene rings is 1. The van der Waals surface area contributed by atoms with E-state index in [0.717, 1.165) is 37.6 Å². The van der Waals surface area contributed by atoms with Crippen LogP contribution in [0.15, 0.2) is 18.2 Å². The summed E-state index contributed by atoms with van der Waals surface area (Å²) >= 11 is 0. The average Bonchev–Trinajstić information content (AvgIpc) is 3.56. The summed E-state index contributed by atoms with van der Waals surface area (Å²) in [5.74, 6) is -0.769. The maximum atomic E-state index is 14.0. The Kier molecular flexibility index (Phi) is 8.48. The molecule has 2 N–H and O–H groups in total. The van der Waals surface area contributed by atoms with Crippen LogP contribution in [0.5, 0.6) is 11.6 Å². The minimum Gasteiger partial charge on any atom is -0.497 e. The Morgan fingerprint density at radius 1 is 1.12 bits per heavy atom. The number of carboxylic acids is 1. The first kappa shape index (κ1) is 29.8. The van der Waals surface area contributed by atoms with Crippen LogP contribution in [-0.2, 0) is 20.7 Å². The van der Waals surface area contributed by atoms with Crippen molar-refractivity contribution >= 4 is 29.0 Å². The molecule has 3 aliphatic rings. The molecule has 2 bridgehead atoms. The number of carbonyl (C=O) groups is 3. The molecule has 1 saturated carbocycles. The number of fused-ring (bicyclic) bond motifs is 5. The van der Waals surface area contributed by atoms with E-state index in [9.17, 15) is 19.5 Å². The molecule has 1 aromatic heterocycles. The molecule has 2 amide bonds. The zero-order valence-electron chi connectivity index (χ0n) is 25.1. The molecule has 0 unspecified atom stereocenters. The molecule has 2 aromatic rings. The largest absolute Gasteiger partial charge is 0.497 e. The number of carboxylic acid groups (broad SMARTS) is 1. The molecule has 6 atom stereocenters. The fraction of sp³-hybridized carbons (Fsp3) is 0.645. The van der Waals surface area contributed by atoms with Gasteiger partial charge in [0.1, 0.15) is 35.7 Å². The summed E-state index contributed by atoms with van der Waals surface area (Å²) in [5.41, 5.74) is 1.35. The van der Waals surface area contributed by atoms with Crippen molar-refractivity contribution in [2.45, 2.75) is 96.9 Å². The lowest BCUT2D eigenvalue weighted by Crippen LogP contribution is -2.57. The van der Waals surface area contributed by atoms with Crippen LogP contribution in [0.3, 0.4) is 0 Å². The van der Waals surface area contributed by atoms with Crippen molar-refractivity contribution in [1.29, 1.82) is 0 Å². The number of aryl methyl sites for hydroxylation is 1. The molecule has 11 nitrogen and oxygen atoms in total. The summed E-state index contributed by atoms with van der Waals surface area (Å²) in [6.45, 7) is 7.44. The number of methoxy groups -OCH3 is 1. The number of alkyl carbamates (subject to hydrolysis) is 1. The summed E-state index contributed by atoms with van der Waals surface area (Å²) in [5, 5.41) is 13.1. The van der Waals surface area contributed by atoms with E-state index in [4.69, 9.17) is 24.2 Å². The van der Waals surface area contributed by atoms with Gasteiger partial charge in [-0.2, -0.15) is 0 Å². The second-order valence-electron chi connectivity index (χ2n) is 12.8. The van der Waals surface area contributed by atoms with Crippen LogP contribution in [0, 0.1) is 17.3 Å². The Bertz CT molecular complexity index is 1340. The average molecular weight is 583 g/mol. The Morgan fingerprint density at radius 3 is 2.60 bits per heavy atom. The predicted molar refractivity (Wildman–Crippen MR) is 154 cm³/mol. The van der Waals surface area contributed by atoms with Gasteiger partial charge in [0.25, 0.3) is 0 Å². The van der Waals surface area contributed by atoms with Gasteiger partial charge >= 0.3 is 12.1 Å². The predicted octanol–water partition coefficient (Wildman–Crippen LogP) is 4.35. The molecule has 1 aliphatic carbocycles. The smallest absolute Gasteiger partial charge is 0.408 e. The quantitative estimate of drug-likeness (QED) is 0.540. The van der Waals surface area contributed by atoms with Gasteiger partial charge in [0, 0.05) is 12.0 Å². The molecule has 5 rings (SSSR count). The van der Waals surface area contributed by atoms with E-state index in [-0.39, 0.29) is 12.6 Å². The van der Waals surface area contributed by atoms with Crippen molar-refractivity contribution in [2.24, 2.45) is 17.3 Å². The number of hydrogen-bond donors (Lipinski definition) is 2. The fourth-order valence-electron chi connectivity index (χ4n) is 6.26. The summed E-state index contributed by atoms with van der Waals surface area (Å²) in [4.78, 5) is 50.6. The minimum atomic E-state index is -1.12. The highest BCUT2D eigenvalue weighted by molar-refractivity contribution is 5.90. The highest BCUT2D eigenvalue weighted by Crippen LogP contribution is 2.39. The van der Waals surface area contributed by atoms with Gasteiger partial charge in [-0.25, -0.2) is 19.6 Å². The first-order valence-electron chi connectivity index (χ1n) is 15.0. The first-order chi connectivity index (χ1) is 20.0. The third-order valence-electron chi connectivity index (χ3n) is 8.75. The highest BCUT2D eigenvalue weighted by atomic mass is 16.6.